The lowest BCUT2D eigenvalue weighted by Crippen LogP contribution is -2.52. The maximum absolute atomic E-state index is 15.2. The number of amides is 2. The summed E-state index contributed by atoms with van der Waals surface area (Å²) in [6.07, 6.45) is 1.70. The Labute approximate surface area is 241 Å². The number of hydrogen-bond acceptors (Lipinski definition) is 6. The van der Waals surface area contributed by atoms with Crippen molar-refractivity contribution in [1.29, 1.82) is 5.26 Å². The SMILES string of the molecule is C[C@@]1(O)C[C@H](C(=O)N(c2ccc(S(F)(F)(F)(F)F)cc2)C(C(=O)NC2CCC(F)(F)CC2)c2cnccc2F)N(C#N)C1. The van der Waals surface area contributed by atoms with E-state index in [1.807, 2.05) is 0 Å². The van der Waals surface area contributed by atoms with Gasteiger partial charge in [0.15, 0.2) is 6.19 Å². The van der Waals surface area contributed by atoms with E-state index >= 15 is 4.39 Å². The average molecular weight is 642 g/mol. The lowest BCUT2D eigenvalue weighted by molar-refractivity contribution is -0.129. The number of aliphatic hydroxyl groups is 1. The first-order chi connectivity index (χ1) is 19.6. The molecule has 0 spiro atoms. The molecule has 8 nitrogen and oxygen atoms in total. The van der Waals surface area contributed by atoms with Crippen molar-refractivity contribution in [3.05, 3.63) is 54.1 Å². The number of alkyl halides is 2. The van der Waals surface area contributed by atoms with Gasteiger partial charge in [-0.1, -0.05) is 19.4 Å². The van der Waals surface area contributed by atoms with Crippen LogP contribution in [0.5, 0.6) is 0 Å². The summed E-state index contributed by atoms with van der Waals surface area (Å²) in [5.41, 5.74) is -2.71. The zero-order valence-electron chi connectivity index (χ0n) is 22.5. The molecule has 4 rings (SSSR count). The Balaban J connectivity index is 1.84. The fourth-order valence-electron chi connectivity index (χ4n) is 5.28. The number of nitrogens with one attached hydrogen (secondary N) is 1. The Morgan fingerprint density at radius 2 is 1.74 bits per heavy atom. The van der Waals surface area contributed by atoms with Crippen molar-refractivity contribution in [2.24, 2.45) is 0 Å². The van der Waals surface area contributed by atoms with Crippen molar-refractivity contribution >= 4 is 27.7 Å². The third kappa shape index (κ3) is 7.29. The van der Waals surface area contributed by atoms with Gasteiger partial charge in [-0.2, -0.15) is 5.26 Å². The van der Waals surface area contributed by atoms with Crippen LogP contribution >= 0.6 is 10.2 Å². The molecule has 17 heteroatoms. The Morgan fingerprint density at radius 3 is 2.28 bits per heavy atom. The number of benzene rings is 1. The molecule has 1 aliphatic heterocycles. The molecular formula is C26H27F8N5O3S. The topological polar surface area (TPSA) is 110 Å². The minimum atomic E-state index is -10.2. The number of pyridine rings is 1. The summed E-state index contributed by atoms with van der Waals surface area (Å²) in [5, 5.41) is 22.6. The normalized spacial score (nSPS) is 24.8. The van der Waals surface area contributed by atoms with Crippen molar-refractivity contribution in [2.45, 2.75) is 73.6 Å². The molecule has 3 atom stereocenters. The summed E-state index contributed by atoms with van der Waals surface area (Å²) in [6.45, 7) is 0.966. The third-order valence-electron chi connectivity index (χ3n) is 7.39. The average Bonchev–Trinajstić information content (AvgIpc) is 3.22. The maximum Gasteiger partial charge on any atom is 0.310 e. The van der Waals surface area contributed by atoms with Crippen molar-refractivity contribution < 1.29 is 47.3 Å². The fraction of sp³-hybridized carbons (Fsp3) is 0.462. The van der Waals surface area contributed by atoms with Crippen LogP contribution in [0.15, 0.2) is 47.6 Å². The molecule has 236 valence electrons. The van der Waals surface area contributed by atoms with E-state index in [-0.39, 0.29) is 37.9 Å². The quantitative estimate of drug-likeness (QED) is 0.286. The fourth-order valence-corrected chi connectivity index (χ4v) is 5.93. The number of nitrogens with zero attached hydrogens (tertiary/aromatic N) is 4. The van der Waals surface area contributed by atoms with Crippen LogP contribution in [-0.2, 0) is 9.59 Å². The van der Waals surface area contributed by atoms with Gasteiger partial charge >= 0.3 is 10.2 Å². The van der Waals surface area contributed by atoms with E-state index < -0.39 is 86.5 Å². The van der Waals surface area contributed by atoms with Gasteiger partial charge in [-0.15, -0.1) is 0 Å². The molecule has 2 fully saturated rings. The first kappa shape index (κ1) is 32.3. The smallest absolute Gasteiger partial charge is 0.310 e. The highest BCUT2D eigenvalue weighted by Gasteiger charge is 2.65. The first-order valence-electron chi connectivity index (χ1n) is 12.9. The van der Waals surface area contributed by atoms with Crippen LogP contribution in [0, 0.1) is 17.3 Å². The van der Waals surface area contributed by atoms with Gasteiger partial charge in [0.25, 0.3) is 5.91 Å². The number of carbonyl (C=O) groups is 2. The summed E-state index contributed by atoms with van der Waals surface area (Å²) in [6, 6.07) is -2.57. The molecule has 2 aromatic rings. The van der Waals surface area contributed by atoms with Crippen LogP contribution in [0.3, 0.4) is 0 Å². The summed E-state index contributed by atoms with van der Waals surface area (Å²) in [4.78, 5) is 30.7. The Kier molecular flexibility index (Phi) is 7.67. The number of aromatic nitrogens is 1. The molecule has 1 saturated heterocycles. The lowest BCUT2D eigenvalue weighted by Gasteiger charge is -2.41. The number of hydrogen-bond donors (Lipinski definition) is 2. The number of anilines is 1. The van der Waals surface area contributed by atoms with E-state index in [4.69, 9.17) is 0 Å². The van der Waals surface area contributed by atoms with Crippen LogP contribution in [0.2, 0.25) is 0 Å². The van der Waals surface area contributed by atoms with Crippen molar-refractivity contribution in [2.75, 3.05) is 11.4 Å². The minimum Gasteiger partial charge on any atom is -0.388 e. The number of halogens is 8. The van der Waals surface area contributed by atoms with Crippen molar-refractivity contribution in [3.63, 3.8) is 0 Å². The van der Waals surface area contributed by atoms with Gasteiger partial charge in [0.05, 0.1) is 12.1 Å². The van der Waals surface area contributed by atoms with Gasteiger partial charge in [0.1, 0.15) is 22.8 Å². The second kappa shape index (κ2) is 10.2. The largest absolute Gasteiger partial charge is 0.388 e. The molecule has 1 saturated carbocycles. The van der Waals surface area contributed by atoms with E-state index in [2.05, 4.69) is 10.3 Å². The van der Waals surface area contributed by atoms with Gasteiger partial charge < -0.3 is 10.4 Å². The predicted molar refractivity (Wildman–Crippen MR) is 139 cm³/mol. The molecular weight excluding hydrogens is 614 g/mol. The minimum absolute atomic E-state index is 0.00181. The van der Waals surface area contributed by atoms with E-state index in [1.54, 1.807) is 6.19 Å². The van der Waals surface area contributed by atoms with Crippen LogP contribution in [0.4, 0.5) is 38.3 Å². The molecule has 1 aliphatic carbocycles. The number of nitriles is 1. The number of rotatable bonds is 7. The molecule has 2 heterocycles. The Bertz CT molecular complexity index is 1440. The zero-order valence-corrected chi connectivity index (χ0v) is 23.3. The van der Waals surface area contributed by atoms with Crippen molar-refractivity contribution in [1.82, 2.24) is 15.2 Å². The summed E-state index contributed by atoms with van der Waals surface area (Å²) in [5.74, 6) is -6.33. The van der Waals surface area contributed by atoms with Crippen LogP contribution < -0.4 is 10.2 Å². The van der Waals surface area contributed by atoms with E-state index in [0.29, 0.717) is 17.0 Å². The second-order valence-electron chi connectivity index (χ2n) is 11.1. The van der Waals surface area contributed by atoms with E-state index in [1.165, 1.54) is 6.92 Å². The lowest BCUT2D eigenvalue weighted by atomic mass is 9.91. The van der Waals surface area contributed by atoms with E-state index in [0.717, 1.165) is 23.4 Å². The summed E-state index contributed by atoms with van der Waals surface area (Å²) >= 11 is 0. The van der Waals surface area contributed by atoms with Crippen LogP contribution in [0.1, 0.15) is 50.6 Å². The van der Waals surface area contributed by atoms with Gasteiger partial charge in [-0.05, 0) is 50.1 Å². The standard InChI is InChI=1S/C26H27F8N5O3S/c1-25(42)12-21(38(14-25)15-35)24(41)39(17-2-4-18(5-3-17)43(30,31,32,33)34)22(19-13-36-11-8-20(19)27)23(40)37-16-6-9-26(28,29)10-7-16/h2-5,8,11,13,16,21-22,42H,6-7,9-10,12,14H2,1H3,(H,37,40)/t21-,22?,25-/m1/s1. The molecule has 0 bridgehead atoms. The summed E-state index contributed by atoms with van der Waals surface area (Å²) < 4.78 is 110. The molecule has 2 N–H and O–H groups in total. The van der Waals surface area contributed by atoms with Crippen molar-refractivity contribution in [3.8, 4) is 6.19 Å². The van der Waals surface area contributed by atoms with Crippen LogP contribution in [0.25, 0.3) is 0 Å². The second-order valence-corrected chi connectivity index (χ2v) is 13.5. The Hall–Kier alpha value is -3.65. The third-order valence-corrected chi connectivity index (χ3v) is 8.56. The Morgan fingerprint density at radius 1 is 1.14 bits per heavy atom. The van der Waals surface area contributed by atoms with Gasteiger partial charge in [0, 0.05) is 48.9 Å². The highest BCUT2D eigenvalue weighted by Crippen LogP contribution is 3.02. The van der Waals surface area contributed by atoms with E-state index in [9.17, 15) is 48.2 Å². The number of carbonyl (C=O) groups excluding carboxylic acids is 2. The number of β-amino-alcohol motifs (C(OH)–C–C–N with tert-alkyl or cyclic N) is 1. The number of likely N-dealkylation sites (tertiary alicyclic amines) is 1. The molecule has 1 aromatic heterocycles. The predicted octanol–water partition coefficient (Wildman–Crippen LogP) is 5.95. The van der Waals surface area contributed by atoms with Gasteiger partial charge in [-0.25, -0.2) is 13.2 Å². The molecule has 2 aliphatic rings. The summed E-state index contributed by atoms with van der Waals surface area (Å²) in [7, 11) is -10.2. The zero-order chi connectivity index (χ0) is 32.1. The molecule has 2 amide bonds. The monoisotopic (exact) mass is 641 g/mol. The highest BCUT2D eigenvalue weighted by molar-refractivity contribution is 8.45. The van der Waals surface area contributed by atoms with Gasteiger partial charge in [-0.3, -0.25) is 24.4 Å². The molecule has 1 unspecified atom stereocenters. The van der Waals surface area contributed by atoms with Crippen LogP contribution in [-0.4, -0.2) is 57.0 Å². The molecule has 43 heavy (non-hydrogen) atoms. The molecule has 1 aromatic carbocycles. The highest BCUT2D eigenvalue weighted by atomic mass is 32.5. The first-order valence-corrected chi connectivity index (χ1v) is 14.9. The van der Waals surface area contributed by atoms with Gasteiger partial charge in [0.2, 0.25) is 11.8 Å². The maximum atomic E-state index is 15.2. The molecule has 0 radical (unpaired) electrons.